The third-order valence-corrected chi connectivity index (χ3v) is 8.62. The third-order valence-electron chi connectivity index (χ3n) is 8.62. The first-order valence-electron chi connectivity index (χ1n) is 13.9. The summed E-state index contributed by atoms with van der Waals surface area (Å²) in [5.74, 6) is 0.0194. The van der Waals surface area contributed by atoms with Gasteiger partial charge in [-0.05, 0) is 48.1 Å². The van der Waals surface area contributed by atoms with Crippen molar-refractivity contribution in [2.75, 3.05) is 29.9 Å². The molecule has 4 aromatic rings. The number of pyridine rings is 1. The molecule has 3 aliphatic rings. The lowest BCUT2D eigenvalue weighted by molar-refractivity contribution is -0.136. The lowest BCUT2D eigenvalue weighted by Gasteiger charge is -2.41. The summed E-state index contributed by atoms with van der Waals surface area (Å²) in [6.45, 7) is 0.777. The second-order valence-electron chi connectivity index (χ2n) is 11.1. The molecule has 3 aromatic carbocycles. The Balaban J connectivity index is 1.54. The number of nitrogens with one attached hydrogen (secondary N) is 2. The number of aliphatic carboxylic acids is 1. The minimum Gasteiger partial charge on any atom is -0.508 e. The van der Waals surface area contributed by atoms with Gasteiger partial charge in [0.15, 0.2) is 5.82 Å². The number of halogens is 2. The molecule has 2 saturated heterocycles. The number of hydrogen-bond donors (Lipinski definition) is 4. The Morgan fingerprint density at radius 3 is 2.81 bits per heavy atom. The average Bonchev–Trinajstić information content (AvgIpc) is 3.29. The lowest BCUT2D eigenvalue weighted by Crippen LogP contribution is -2.60. The van der Waals surface area contributed by atoms with Crippen LogP contribution in [0.3, 0.4) is 0 Å². The monoisotopic (exact) mass is 581 g/mol. The van der Waals surface area contributed by atoms with E-state index < -0.39 is 17.6 Å². The Morgan fingerprint density at radius 2 is 2.05 bits per heavy atom. The van der Waals surface area contributed by atoms with E-state index in [4.69, 9.17) is 11.2 Å². The molecule has 0 spiro atoms. The number of rotatable bonds is 5. The summed E-state index contributed by atoms with van der Waals surface area (Å²) >= 11 is 0. The molecule has 7 rings (SSSR count). The van der Waals surface area contributed by atoms with Crippen LogP contribution in [0.2, 0.25) is 0 Å². The maximum Gasteiger partial charge on any atom is 0.305 e. The van der Waals surface area contributed by atoms with Crippen LogP contribution in [0.4, 0.5) is 20.3 Å². The molecule has 0 aliphatic carbocycles. The number of fused-ring (bicyclic) bond motifs is 6. The number of phenols is 1. The number of piperazine rings is 1. The molecule has 0 radical (unpaired) electrons. The number of phenolic OH excluding ortho intramolecular Hbond substituents is 1. The number of aromatic nitrogens is 1. The fourth-order valence-corrected chi connectivity index (χ4v) is 6.78. The zero-order chi connectivity index (χ0) is 30.0. The Kier molecular flexibility index (Phi) is 6.22. The minimum atomic E-state index is -1.04. The van der Waals surface area contributed by atoms with E-state index in [1.807, 2.05) is 0 Å². The zero-order valence-corrected chi connectivity index (χ0v) is 22.7. The number of nitriles is 1. The van der Waals surface area contributed by atoms with E-state index in [0.29, 0.717) is 23.0 Å². The molecule has 43 heavy (non-hydrogen) atoms. The van der Waals surface area contributed by atoms with Crippen LogP contribution in [0.1, 0.15) is 30.4 Å². The molecule has 3 aliphatic heterocycles. The maximum absolute atomic E-state index is 16.9. The van der Waals surface area contributed by atoms with Crippen LogP contribution in [-0.4, -0.2) is 59.0 Å². The second-order valence-corrected chi connectivity index (χ2v) is 11.1. The SMILES string of the molecule is C#Cc1c(F)ccc2cc(O)cc(-c3cc4c5c(c(C#N)c(NCCC(=O)O)nc5c3F)N3CC5CCC(N5)C3CO4)c12. The van der Waals surface area contributed by atoms with E-state index in [2.05, 4.69) is 32.5 Å². The maximum atomic E-state index is 16.9. The van der Waals surface area contributed by atoms with Crippen LogP contribution in [0, 0.1) is 35.3 Å². The minimum absolute atomic E-state index is 0.0235. The van der Waals surface area contributed by atoms with Crippen molar-refractivity contribution in [2.24, 2.45) is 0 Å². The number of carboxylic acid groups (broad SMARTS) is 1. The molecule has 1 aromatic heterocycles. The van der Waals surface area contributed by atoms with Crippen molar-refractivity contribution < 1.29 is 28.5 Å². The van der Waals surface area contributed by atoms with E-state index in [0.717, 1.165) is 12.8 Å². The molecule has 3 unspecified atom stereocenters. The van der Waals surface area contributed by atoms with E-state index in [1.165, 1.54) is 30.3 Å². The first kappa shape index (κ1) is 26.7. The molecule has 0 saturated carbocycles. The summed E-state index contributed by atoms with van der Waals surface area (Å²) in [4.78, 5) is 17.9. The molecular weight excluding hydrogens is 556 g/mol. The van der Waals surface area contributed by atoms with Crippen molar-refractivity contribution in [3.63, 3.8) is 0 Å². The third kappa shape index (κ3) is 4.16. The van der Waals surface area contributed by atoms with Crippen LogP contribution >= 0.6 is 0 Å². The quantitative estimate of drug-likeness (QED) is 0.252. The summed E-state index contributed by atoms with van der Waals surface area (Å²) in [6, 6.07) is 9.22. The van der Waals surface area contributed by atoms with Crippen molar-refractivity contribution in [1.29, 1.82) is 5.26 Å². The number of nitrogens with zero attached hydrogens (tertiary/aromatic N) is 3. The lowest BCUT2D eigenvalue weighted by atomic mass is 9.92. The smallest absolute Gasteiger partial charge is 0.305 e. The molecule has 216 valence electrons. The van der Waals surface area contributed by atoms with Crippen LogP contribution in [-0.2, 0) is 4.79 Å². The first-order chi connectivity index (χ1) is 20.8. The molecule has 9 nitrogen and oxygen atoms in total. The van der Waals surface area contributed by atoms with E-state index >= 15 is 4.39 Å². The highest BCUT2D eigenvalue weighted by molar-refractivity contribution is 6.08. The van der Waals surface area contributed by atoms with E-state index in [1.54, 1.807) is 0 Å². The van der Waals surface area contributed by atoms with Crippen LogP contribution < -0.4 is 20.3 Å². The topological polar surface area (TPSA) is 131 Å². The predicted octanol–water partition coefficient (Wildman–Crippen LogP) is 4.48. The fraction of sp³-hybridized carbons (Fsp3) is 0.281. The molecule has 0 amide bonds. The van der Waals surface area contributed by atoms with Gasteiger partial charge in [0.2, 0.25) is 0 Å². The van der Waals surface area contributed by atoms with Gasteiger partial charge < -0.3 is 30.5 Å². The molecule has 3 atom stereocenters. The summed E-state index contributed by atoms with van der Waals surface area (Å²) in [5.41, 5.74) is 0.580. The van der Waals surface area contributed by atoms with Crippen LogP contribution in [0.25, 0.3) is 32.8 Å². The summed E-state index contributed by atoms with van der Waals surface area (Å²) in [5, 5.41) is 37.7. The largest absolute Gasteiger partial charge is 0.508 e. The predicted molar refractivity (Wildman–Crippen MR) is 156 cm³/mol. The van der Waals surface area contributed by atoms with Gasteiger partial charge in [-0.2, -0.15) is 5.26 Å². The number of hydrogen-bond acceptors (Lipinski definition) is 8. The van der Waals surface area contributed by atoms with Gasteiger partial charge in [-0.25, -0.2) is 13.8 Å². The number of ether oxygens (including phenoxy) is 1. The highest BCUT2D eigenvalue weighted by Gasteiger charge is 2.44. The first-order valence-corrected chi connectivity index (χ1v) is 13.9. The summed E-state index contributed by atoms with van der Waals surface area (Å²) in [7, 11) is 0. The summed E-state index contributed by atoms with van der Waals surface area (Å²) < 4.78 is 38.1. The number of carbonyl (C=O) groups is 1. The highest BCUT2D eigenvalue weighted by atomic mass is 19.1. The normalized spacial score (nSPS) is 20.2. The number of benzene rings is 3. The zero-order valence-electron chi connectivity index (χ0n) is 22.7. The van der Waals surface area contributed by atoms with E-state index in [-0.39, 0.29) is 88.2 Å². The van der Waals surface area contributed by atoms with Gasteiger partial charge in [0.25, 0.3) is 0 Å². The fourth-order valence-electron chi connectivity index (χ4n) is 6.78. The molecular formula is C32H25F2N5O4. The van der Waals surface area contributed by atoms with Gasteiger partial charge in [-0.15, -0.1) is 6.42 Å². The van der Waals surface area contributed by atoms with Crippen molar-refractivity contribution >= 4 is 39.1 Å². The number of aromatic hydroxyl groups is 1. The van der Waals surface area contributed by atoms with E-state index in [9.17, 15) is 24.7 Å². The van der Waals surface area contributed by atoms with Crippen molar-refractivity contribution in [1.82, 2.24) is 10.3 Å². The van der Waals surface area contributed by atoms with Crippen molar-refractivity contribution in [3.05, 3.63) is 53.1 Å². The number of anilines is 2. The van der Waals surface area contributed by atoms with Gasteiger partial charge in [-0.3, -0.25) is 4.79 Å². The molecule has 2 bridgehead atoms. The van der Waals surface area contributed by atoms with Gasteiger partial charge in [0, 0.05) is 36.1 Å². The number of carboxylic acids is 1. The standard InChI is InChI=1S/C32H25F2N5O4/c1-2-18-22(33)5-3-15-9-17(40)10-19(27(15)18)20-11-25-28-30(29(20)34)38-32(36-8-7-26(41)42)21(12-35)31(28)39-13-16-4-6-23(37-16)24(39)14-43-25/h1,3,5,9-11,16,23-24,37,40H,4,6-8,13-14H2,(H,36,38)(H,41,42). The van der Waals surface area contributed by atoms with Crippen molar-refractivity contribution in [2.45, 2.75) is 37.4 Å². The van der Waals surface area contributed by atoms with Crippen LogP contribution in [0.15, 0.2) is 30.3 Å². The summed E-state index contributed by atoms with van der Waals surface area (Å²) in [6.07, 6.45) is 7.31. The Morgan fingerprint density at radius 1 is 1.21 bits per heavy atom. The molecule has 4 N–H and O–H groups in total. The molecule has 11 heteroatoms. The molecule has 2 fully saturated rings. The average molecular weight is 582 g/mol. The van der Waals surface area contributed by atoms with Gasteiger partial charge in [-0.1, -0.05) is 12.0 Å². The Hall–Kier alpha value is -5.13. The second kappa shape index (κ2) is 10.0. The molecule has 4 heterocycles. The Labute approximate surface area is 244 Å². The van der Waals surface area contributed by atoms with Crippen molar-refractivity contribution in [3.8, 4) is 41.0 Å². The van der Waals surface area contributed by atoms with Gasteiger partial charge in [0.05, 0.1) is 29.1 Å². The highest BCUT2D eigenvalue weighted by Crippen LogP contribution is 2.48. The van der Waals surface area contributed by atoms with Gasteiger partial charge in [0.1, 0.15) is 46.9 Å². The van der Waals surface area contributed by atoms with Gasteiger partial charge >= 0.3 is 5.97 Å². The Bertz CT molecular complexity index is 1950. The number of terminal acetylenes is 1. The van der Waals surface area contributed by atoms with Crippen LogP contribution in [0.5, 0.6) is 11.5 Å².